The van der Waals surface area contributed by atoms with E-state index in [0.29, 0.717) is 6.42 Å². The normalized spacial score (nSPS) is 19.6. The molecule has 0 radical (unpaired) electrons. The number of hydrogen-bond acceptors (Lipinski definition) is 8. The molecular weight excluding hydrogens is 899 g/mol. The minimum absolute atomic E-state index is 0.189. The molecule has 1 heterocycles. The number of ether oxygens (including phenoxy) is 2. The number of rotatable bonds is 52. The summed E-state index contributed by atoms with van der Waals surface area (Å²) in [6.07, 6.45) is 64.6. The van der Waals surface area contributed by atoms with Gasteiger partial charge in [-0.1, -0.05) is 254 Å². The lowest BCUT2D eigenvalue weighted by Gasteiger charge is -2.40. The second-order valence-electron chi connectivity index (χ2n) is 21.1. The van der Waals surface area contributed by atoms with Crippen molar-refractivity contribution < 1.29 is 39.8 Å². The highest BCUT2D eigenvalue weighted by molar-refractivity contribution is 5.76. The summed E-state index contributed by atoms with van der Waals surface area (Å²) in [5.74, 6) is -0.189. The number of aliphatic hydroxyl groups excluding tert-OH is 5. The first-order valence-electron chi connectivity index (χ1n) is 30.5. The fraction of sp³-hybridized carbons (Fsp3) is 0.825. The first-order valence-corrected chi connectivity index (χ1v) is 30.5. The van der Waals surface area contributed by atoms with E-state index in [1.54, 1.807) is 6.08 Å². The van der Waals surface area contributed by atoms with Crippen molar-refractivity contribution in [3.05, 3.63) is 60.8 Å². The summed E-state index contributed by atoms with van der Waals surface area (Å²) in [7, 11) is 0. The lowest BCUT2D eigenvalue weighted by Crippen LogP contribution is -2.60. The third kappa shape index (κ3) is 41.2. The van der Waals surface area contributed by atoms with Gasteiger partial charge in [0.25, 0.3) is 0 Å². The smallest absolute Gasteiger partial charge is 0.220 e. The van der Waals surface area contributed by atoms with Crippen LogP contribution in [0.3, 0.4) is 0 Å². The van der Waals surface area contributed by atoms with E-state index in [2.05, 4.69) is 67.8 Å². The zero-order valence-electron chi connectivity index (χ0n) is 46.7. The summed E-state index contributed by atoms with van der Waals surface area (Å²) in [4.78, 5) is 13.0. The number of allylic oxidation sites excluding steroid dienone is 9. The van der Waals surface area contributed by atoms with Crippen LogP contribution >= 0.6 is 0 Å². The summed E-state index contributed by atoms with van der Waals surface area (Å²) < 4.78 is 11.2. The van der Waals surface area contributed by atoms with Crippen LogP contribution in [0.4, 0.5) is 0 Å². The average molecular weight is 1010 g/mol. The number of carbonyl (C=O) groups excluding carboxylic acids is 1. The quantitative estimate of drug-likeness (QED) is 0.0261. The van der Waals surface area contributed by atoms with Crippen molar-refractivity contribution in [2.75, 3.05) is 13.2 Å². The van der Waals surface area contributed by atoms with Gasteiger partial charge >= 0.3 is 0 Å². The van der Waals surface area contributed by atoms with E-state index in [-0.39, 0.29) is 12.5 Å². The Labute approximate surface area is 443 Å². The van der Waals surface area contributed by atoms with E-state index >= 15 is 0 Å². The van der Waals surface area contributed by atoms with Gasteiger partial charge in [0, 0.05) is 6.42 Å². The van der Waals surface area contributed by atoms with Crippen molar-refractivity contribution in [3.8, 4) is 0 Å². The van der Waals surface area contributed by atoms with E-state index in [1.807, 2.05) is 6.08 Å². The van der Waals surface area contributed by atoms with Gasteiger partial charge in [-0.25, -0.2) is 0 Å². The fourth-order valence-electron chi connectivity index (χ4n) is 9.46. The Kier molecular flexibility index (Phi) is 49.4. The molecule has 0 aliphatic carbocycles. The molecule has 0 bridgehead atoms. The van der Waals surface area contributed by atoms with Gasteiger partial charge in [-0.2, -0.15) is 0 Å². The highest BCUT2D eigenvalue weighted by atomic mass is 16.7. The van der Waals surface area contributed by atoms with Crippen molar-refractivity contribution >= 4 is 5.91 Å². The Morgan fingerprint density at radius 2 is 0.833 bits per heavy atom. The Bertz CT molecular complexity index is 1310. The molecular formula is C63H115NO8. The lowest BCUT2D eigenvalue weighted by atomic mass is 9.99. The molecule has 6 N–H and O–H groups in total. The molecule has 1 rings (SSSR count). The van der Waals surface area contributed by atoms with Crippen LogP contribution in [0.15, 0.2) is 60.8 Å². The maximum absolute atomic E-state index is 13.0. The molecule has 0 aromatic carbocycles. The predicted octanol–water partition coefficient (Wildman–Crippen LogP) is 15.5. The third-order valence-electron chi connectivity index (χ3n) is 14.3. The van der Waals surface area contributed by atoms with Crippen molar-refractivity contribution in [1.82, 2.24) is 5.32 Å². The number of nitrogens with one attached hydrogen (secondary N) is 1. The molecule has 9 nitrogen and oxygen atoms in total. The van der Waals surface area contributed by atoms with Crippen molar-refractivity contribution in [2.45, 2.75) is 320 Å². The third-order valence-corrected chi connectivity index (χ3v) is 14.3. The van der Waals surface area contributed by atoms with Crippen LogP contribution in [-0.2, 0) is 14.3 Å². The monoisotopic (exact) mass is 1010 g/mol. The minimum Gasteiger partial charge on any atom is -0.394 e. The summed E-state index contributed by atoms with van der Waals surface area (Å²) in [6, 6.07) is -0.828. The highest BCUT2D eigenvalue weighted by Crippen LogP contribution is 2.23. The van der Waals surface area contributed by atoms with Crippen LogP contribution in [0.5, 0.6) is 0 Å². The van der Waals surface area contributed by atoms with Gasteiger partial charge in [-0.3, -0.25) is 4.79 Å². The number of carbonyl (C=O) groups is 1. The van der Waals surface area contributed by atoms with E-state index in [4.69, 9.17) is 9.47 Å². The molecule has 7 unspecified atom stereocenters. The number of unbranched alkanes of at least 4 members (excludes halogenated alkanes) is 34. The molecule has 0 spiro atoms. The molecule has 72 heavy (non-hydrogen) atoms. The van der Waals surface area contributed by atoms with Crippen LogP contribution in [-0.4, -0.2) is 87.5 Å². The number of aliphatic hydroxyl groups is 5. The molecule has 1 aliphatic heterocycles. The summed E-state index contributed by atoms with van der Waals surface area (Å²) in [5, 5.41) is 54.4. The van der Waals surface area contributed by atoms with E-state index in [9.17, 15) is 30.3 Å². The second kappa shape index (κ2) is 52.3. The maximum atomic E-state index is 13.0. The first-order chi connectivity index (χ1) is 35.3. The molecule has 0 aromatic heterocycles. The van der Waals surface area contributed by atoms with Crippen LogP contribution in [0, 0.1) is 0 Å². The molecule has 1 aliphatic rings. The Morgan fingerprint density at radius 3 is 1.26 bits per heavy atom. The first kappa shape index (κ1) is 67.9. The van der Waals surface area contributed by atoms with Gasteiger partial charge in [0.15, 0.2) is 6.29 Å². The van der Waals surface area contributed by atoms with Crippen LogP contribution < -0.4 is 5.32 Å². The Hall–Kier alpha value is -2.11. The summed E-state index contributed by atoms with van der Waals surface area (Å²) >= 11 is 0. The van der Waals surface area contributed by atoms with Gasteiger partial charge in [0.05, 0.1) is 25.4 Å². The average Bonchev–Trinajstić information content (AvgIpc) is 3.38. The predicted molar refractivity (Wildman–Crippen MR) is 304 cm³/mol. The van der Waals surface area contributed by atoms with Gasteiger partial charge < -0.3 is 40.3 Å². The zero-order chi connectivity index (χ0) is 52.2. The molecule has 0 aromatic rings. The SMILES string of the molecule is CCCCCC/C=C/CC/C=C/CC/C=C/C(O)C(COC1OC(CO)C(O)C(O)C1O)NC(=O)CCCCCCCCCCCCCCCCCCCCCCCCC/C=C\C/C=C\CCCCCCC. The van der Waals surface area contributed by atoms with E-state index < -0.39 is 49.5 Å². The molecule has 7 atom stereocenters. The molecule has 420 valence electrons. The lowest BCUT2D eigenvalue weighted by molar-refractivity contribution is -0.302. The van der Waals surface area contributed by atoms with Crippen molar-refractivity contribution in [3.63, 3.8) is 0 Å². The highest BCUT2D eigenvalue weighted by Gasteiger charge is 2.44. The van der Waals surface area contributed by atoms with Crippen LogP contribution in [0.2, 0.25) is 0 Å². The molecule has 9 heteroatoms. The van der Waals surface area contributed by atoms with E-state index in [0.717, 1.165) is 57.8 Å². The topological polar surface area (TPSA) is 149 Å². The van der Waals surface area contributed by atoms with Gasteiger partial charge in [0.2, 0.25) is 5.91 Å². The molecule has 1 saturated heterocycles. The fourth-order valence-corrected chi connectivity index (χ4v) is 9.46. The molecule has 1 fully saturated rings. The van der Waals surface area contributed by atoms with Crippen molar-refractivity contribution in [1.29, 1.82) is 0 Å². The number of amides is 1. The Morgan fingerprint density at radius 1 is 0.472 bits per heavy atom. The van der Waals surface area contributed by atoms with E-state index in [1.165, 1.54) is 199 Å². The minimum atomic E-state index is -1.57. The second-order valence-corrected chi connectivity index (χ2v) is 21.1. The van der Waals surface area contributed by atoms with Gasteiger partial charge in [0.1, 0.15) is 24.4 Å². The summed E-state index contributed by atoms with van der Waals surface area (Å²) in [6.45, 7) is 3.73. The van der Waals surface area contributed by atoms with Gasteiger partial charge in [-0.05, 0) is 77.0 Å². The zero-order valence-corrected chi connectivity index (χ0v) is 46.7. The van der Waals surface area contributed by atoms with Gasteiger partial charge in [-0.15, -0.1) is 0 Å². The van der Waals surface area contributed by atoms with Crippen molar-refractivity contribution in [2.24, 2.45) is 0 Å². The van der Waals surface area contributed by atoms with Crippen LogP contribution in [0.25, 0.3) is 0 Å². The molecule has 0 saturated carbocycles. The summed E-state index contributed by atoms with van der Waals surface area (Å²) in [5.41, 5.74) is 0. The standard InChI is InChI=1S/C63H115NO8/c1-3-5-7-9-11-13-15-17-19-20-21-22-23-24-25-26-27-28-29-30-31-32-33-34-35-36-37-38-39-41-43-45-47-49-51-53-59(67)64-56(55-71-63-62(70)61(69)60(68)58(54-65)72-63)57(66)52-50-48-46-44-42-40-18-16-14-12-10-8-6-4-2/h14-17,20-21,42,44,50,52,56-58,60-63,65-66,68-70H,3-13,18-19,22-41,43,45-49,51,53-55H2,1-2H3,(H,64,67)/b16-14+,17-15-,21-20-,44-42+,52-50+. The maximum Gasteiger partial charge on any atom is 0.220 e. The Balaban J connectivity index is 2.10. The molecule has 1 amide bonds. The van der Waals surface area contributed by atoms with Crippen LogP contribution in [0.1, 0.15) is 277 Å². The number of hydrogen-bond donors (Lipinski definition) is 6. The largest absolute Gasteiger partial charge is 0.394 e.